The first kappa shape index (κ1) is 47.5. The van der Waals surface area contributed by atoms with Gasteiger partial charge in [0.15, 0.2) is 11.5 Å². The van der Waals surface area contributed by atoms with Gasteiger partial charge >= 0.3 is 5.97 Å². The Hall–Kier alpha value is -6.13. The summed E-state index contributed by atoms with van der Waals surface area (Å²) in [6.07, 6.45) is 13.2. The third kappa shape index (κ3) is 9.32. The number of anilines is 1. The molecule has 1 spiro atoms. The Morgan fingerprint density at radius 3 is 2.66 bits per heavy atom. The predicted octanol–water partition coefficient (Wildman–Crippen LogP) is 8.59. The molecule has 7 atom stereocenters. The number of carbonyl (C=O) groups is 1. The minimum absolute atomic E-state index is 0.0200. The summed E-state index contributed by atoms with van der Waals surface area (Å²) >= 11 is 0. The Labute approximate surface area is 412 Å². The number of carbonyl (C=O) groups excluding carboxylic acids is 1. The van der Waals surface area contributed by atoms with E-state index in [-0.39, 0.29) is 47.4 Å². The van der Waals surface area contributed by atoms with Crippen LogP contribution in [0.4, 0.5) is 5.69 Å². The number of benzene rings is 4. The Morgan fingerprint density at radius 1 is 1.01 bits per heavy atom. The highest BCUT2D eigenvalue weighted by Crippen LogP contribution is 2.63. The van der Waals surface area contributed by atoms with Crippen molar-refractivity contribution in [3.8, 4) is 51.7 Å². The fourth-order valence-corrected chi connectivity index (χ4v) is 12.8. The van der Waals surface area contributed by atoms with Gasteiger partial charge in [-0.25, -0.2) is 0 Å². The molecule has 368 valence electrons. The summed E-state index contributed by atoms with van der Waals surface area (Å²) in [7, 11) is 3.57. The number of phenols is 2. The monoisotopic (exact) mass is 948 g/mol. The predicted molar refractivity (Wildman–Crippen MR) is 273 cm³/mol. The third-order valence-electron chi connectivity index (χ3n) is 15.9. The van der Waals surface area contributed by atoms with Crippen LogP contribution in [0.3, 0.4) is 0 Å². The van der Waals surface area contributed by atoms with E-state index in [4.69, 9.17) is 24.7 Å². The first-order chi connectivity index (χ1) is 34.1. The van der Waals surface area contributed by atoms with Crippen LogP contribution >= 0.6 is 0 Å². The minimum Gasteiger partial charge on any atom is -0.508 e. The van der Waals surface area contributed by atoms with E-state index in [1.165, 1.54) is 25.3 Å². The lowest BCUT2D eigenvalue weighted by Gasteiger charge is -2.40. The van der Waals surface area contributed by atoms with E-state index >= 15 is 0 Å². The number of phenolic OH excluding ortho intramolecular Hbond substituents is 2. The molecule has 3 heterocycles. The zero-order valence-electron chi connectivity index (χ0n) is 41.1. The average Bonchev–Trinajstić information content (AvgIpc) is 4.11. The molecule has 70 heavy (non-hydrogen) atoms. The molecule has 12 nitrogen and oxygen atoms in total. The molecular formula is C58H69N5O7. The molecule has 2 fully saturated rings. The lowest BCUT2D eigenvalue weighted by molar-refractivity contribution is -0.141. The molecule has 6 aliphatic rings. The number of esters is 1. The number of likely N-dealkylation sites (N-methyl/N-ethyl adjacent to an activating group) is 1. The van der Waals surface area contributed by atoms with E-state index in [1.807, 2.05) is 25.3 Å². The second-order valence-corrected chi connectivity index (χ2v) is 20.4. The molecule has 10 rings (SSSR count). The van der Waals surface area contributed by atoms with Crippen molar-refractivity contribution >= 4 is 11.7 Å². The van der Waals surface area contributed by atoms with E-state index in [0.29, 0.717) is 43.5 Å². The SMILES string of the molecule is CCNc1ccccc1CCC1C2=C(C#CCc3cc(O)c(OC(CNC)CNC4CCCC4)cc3C3Oc4c(ccc5c4C4(CCC1C4)Cc1cc(O)cc(OC)c1-5)C3COC(C)=O)NC(N)C=C2. The van der Waals surface area contributed by atoms with Gasteiger partial charge in [-0.3, -0.25) is 4.79 Å². The lowest BCUT2D eigenvalue weighted by Crippen LogP contribution is -2.41. The maximum Gasteiger partial charge on any atom is 0.302 e. The van der Waals surface area contributed by atoms with Gasteiger partial charge in [0, 0.05) is 78.4 Å². The smallest absolute Gasteiger partial charge is 0.302 e. The number of fused-ring (bicyclic) bond motifs is 6. The van der Waals surface area contributed by atoms with Crippen LogP contribution in [0.2, 0.25) is 0 Å². The number of dihydropyridines is 1. The topological polar surface area (TPSA) is 169 Å². The average molecular weight is 948 g/mol. The first-order valence-electron chi connectivity index (χ1n) is 25.6. The third-order valence-corrected chi connectivity index (χ3v) is 15.9. The Kier molecular flexibility index (Phi) is 13.8. The lowest BCUT2D eigenvalue weighted by atomic mass is 9.64. The van der Waals surface area contributed by atoms with E-state index in [0.717, 1.165) is 113 Å². The van der Waals surface area contributed by atoms with Crippen molar-refractivity contribution in [2.45, 2.75) is 120 Å². The highest BCUT2D eigenvalue weighted by Gasteiger charge is 2.52. The molecule has 12 heteroatoms. The summed E-state index contributed by atoms with van der Waals surface area (Å²) in [5.74, 6) is 8.68. The zero-order chi connectivity index (χ0) is 48.5. The molecule has 3 aliphatic carbocycles. The van der Waals surface area contributed by atoms with E-state index < -0.39 is 18.2 Å². The second-order valence-electron chi connectivity index (χ2n) is 20.4. The fraction of sp³-hybridized carbons (Fsp3) is 0.466. The standard InChI is InChI=1S/C58H69N5O7/c1-5-61-48-15-9-6-11-35(48)17-18-42-37-23-24-58(29-37)30-38-25-40(65)27-52(67-4)54(38)45-20-19-44-47(33-68-34(2)64)56(70-57(44)55(45)58)46-28-51(69-41(31-60-3)32-62-39-13-7-8-14-39)50(66)26-36(46)12-10-16-49-43(42)21-22-53(59)63-49/h6,9,11,15,19-22,25-28,37,39,41-42,47,53,56,60-63,65-66H,5,7-8,12-14,17-18,23-24,29-33,59H2,1-4H3. The van der Waals surface area contributed by atoms with Crippen molar-refractivity contribution < 1.29 is 34.0 Å². The molecule has 0 aromatic heterocycles. The molecule has 0 saturated heterocycles. The van der Waals surface area contributed by atoms with Crippen LogP contribution in [-0.4, -0.2) is 74.9 Å². The zero-order valence-corrected chi connectivity index (χ0v) is 41.1. The van der Waals surface area contributed by atoms with Crippen LogP contribution in [0.25, 0.3) is 11.1 Å². The van der Waals surface area contributed by atoms with Crippen molar-refractivity contribution in [3.05, 3.63) is 117 Å². The van der Waals surface area contributed by atoms with Gasteiger partial charge in [-0.1, -0.05) is 55.2 Å². The Morgan fingerprint density at radius 2 is 1.86 bits per heavy atom. The minimum atomic E-state index is -0.620. The van der Waals surface area contributed by atoms with Crippen molar-refractivity contribution in [1.29, 1.82) is 0 Å². The van der Waals surface area contributed by atoms with Gasteiger partial charge in [0.25, 0.3) is 0 Å². The fourth-order valence-electron chi connectivity index (χ4n) is 12.8. The number of aryl methyl sites for hydroxylation is 1. The number of hydrogen-bond acceptors (Lipinski definition) is 12. The van der Waals surface area contributed by atoms with Crippen molar-refractivity contribution in [2.75, 3.05) is 45.7 Å². The summed E-state index contributed by atoms with van der Waals surface area (Å²) in [4.78, 5) is 12.7. The van der Waals surface area contributed by atoms with Gasteiger partial charge < -0.3 is 56.2 Å². The molecule has 3 aliphatic heterocycles. The maximum absolute atomic E-state index is 12.7. The second kappa shape index (κ2) is 20.3. The van der Waals surface area contributed by atoms with Crippen LogP contribution in [0.5, 0.6) is 28.7 Å². The number of methoxy groups -OCH3 is 1. The van der Waals surface area contributed by atoms with Crippen molar-refractivity contribution in [2.24, 2.45) is 17.6 Å². The summed E-state index contributed by atoms with van der Waals surface area (Å²) in [6, 6.07) is 20.7. The Balaban J connectivity index is 1.16. The van der Waals surface area contributed by atoms with Crippen molar-refractivity contribution in [3.63, 3.8) is 0 Å². The molecule has 0 radical (unpaired) electrons. The highest BCUT2D eigenvalue weighted by molar-refractivity contribution is 5.84. The van der Waals surface area contributed by atoms with Gasteiger partial charge in [-0.15, -0.1) is 0 Å². The van der Waals surface area contributed by atoms with E-state index in [9.17, 15) is 15.0 Å². The number of ether oxygens (including phenoxy) is 4. The number of aromatic hydroxyl groups is 2. The molecule has 0 amide bonds. The molecule has 7 unspecified atom stereocenters. The van der Waals surface area contributed by atoms with Gasteiger partial charge in [-0.2, -0.15) is 0 Å². The quantitative estimate of drug-likeness (QED) is 0.0449. The largest absolute Gasteiger partial charge is 0.508 e. The number of nitrogens with two attached hydrogens (primary N) is 1. The van der Waals surface area contributed by atoms with Crippen LogP contribution < -0.4 is 41.2 Å². The summed E-state index contributed by atoms with van der Waals surface area (Å²) in [5, 5.41) is 37.2. The van der Waals surface area contributed by atoms with Gasteiger partial charge in [-0.05, 0) is 141 Å². The first-order valence-corrected chi connectivity index (χ1v) is 25.6. The number of para-hydroxylation sites is 1. The molecule has 4 bridgehead atoms. The van der Waals surface area contributed by atoms with Gasteiger partial charge in [0.1, 0.15) is 36.1 Å². The molecule has 2 saturated carbocycles. The molecule has 4 aromatic carbocycles. The Bertz CT molecular complexity index is 2750. The van der Waals surface area contributed by atoms with Crippen LogP contribution in [0.1, 0.15) is 111 Å². The number of rotatable bonds is 15. The maximum atomic E-state index is 12.7. The summed E-state index contributed by atoms with van der Waals surface area (Å²) in [5.41, 5.74) is 17.4. The van der Waals surface area contributed by atoms with Crippen LogP contribution in [0.15, 0.2) is 84.1 Å². The summed E-state index contributed by atoms with van der Waals surface area (Å²) < 4.78 is 26.3. The van der Waals surface area contributed by atoms with Crippen LogP contribution in [-0.2, 0) is 34.2 Å². The van der Waals surface area contributed by atoms with Gasteiger partial charge in [0.2, 0.25) is 0 Å². The van der Waals surface area contributed by atoms with E-state index in [2.05, 4.69) is 82.5 Å². The number of nitrogens with one attached hydrogen (secondary N) is 4. The molecule has 8 N–H and O–H groups in total. The highest BCUT2D eigenvalue weighted by atomic mass is 16.5. The van der Waals surface area contributed by atoms with Crippen LogP contribution in [0, 0.1) is 23.7 Å². The summed E-state index contributed by atoms with van der Waals surface area (Å²) in [6.45, 7) is 5.69. The molecular weight excluding hydrogens is 879 g/mol. The van der Waals surface area contributed by atoms with E-state index in [1.54, 1.807) is 19.2 Å². The normalized spacial score (nSPS) is 24.4. The number of hydrogen-bond donors (Lipinski definition) is 7. The number of allylic oxidation sites excluding steroid dienone is 3. The van der Waals surface area contributed by atoms with Crippen molar-refractivity contribution in [1.82, 2.24) is 16.0 Å². The van der Waals surface area contributed by atoms with Gasteiger partial charge in [0.05, 0.1) is 24.9 Å². The molecule has 4 aromatic rings.